The van der Waals surface area contributed by atoms with Crippen molar-refractivity contribution in [2.45, 2.75) is 52.5 Å². The molecule has 3 rings (SSSR count). The Kier molecular flexibility index (Phi) is 2.18. The lowest BCUT2D eigenvalue weighted by molar-refractivity contribution is -0.107. The van der Waals surface area contributed by atoms with Gasteiger partial charge in [-0.3, -0.25) is 0 Å². The normalized spacial score (nSPS) is 43.8. The first-order valence-electron chi connectivity index (χ1n) is 5.77. The molecule has 0 aromatic carbocycles. The van der Waals surface area contributed by atoms with Crippen LogP contribution in [-0.4, -0.2) is 6.04 Å². The summed E-state index contributed by atoms with van der Waals surface area (Å²) in [5.74, 6) is 2.94. The Bertz CT molecular complexity index is 193. The van der Waals surface area contributed by atoms with Crippen molar-refractivity contribution in [1.29, 1.82) is 0 Å². The molecule has 0 aromatic rings. The van der Waals surface area contributed by atoms with Crippen LogP contribution in [0.2, 0.25) is 0 Å². The Labute approximate surface area is 82.1 Å². The van der Waals surface area contributed by atoms with Crippen LogP contribution in [0, 0.1) is 23.2 Å². The van der Waals surface area contributed by atoms with E-state index in [1.807, 2.05) is 0 Å². The molecule has 0 heterocycles. The predicted molar refractivity (Wildman–Crippen MR) is 56.4 cm³/mol. The SMILES string of the molecule is C[C@H](N)CC1CC[C@H]2C[C@@H]1C2(C)C. The van der Waals surface area contributed by atoms with Crippen molar-refractivity contribution in [3.63, 3.8) is 0 Å². The highest BCUT2D eigenvalue weighted by molar-refractivity contribution is 5.03. The summed E-state index contributed by atoms with van der Waals surface area (Å²) < 4.78 is 0. The van der Waals surface area contributed by atoms with E-state index in [1.165, 1.54) is 25.7 Å². The molecule has 1 unspecified atom stereocenters. The molecule has 0 radical (unpaired) electrons. The first-order chi connectivity index (χ1) is 6.01. The third-order valence-electron chi connectivity index (χ3n) is 4.68. The van der Waals surface area contributed by atoms with E-state index in [2.05, 4.69) is 20.8 Å². The molecule has 3 fully saturated rings. The Hall–Kier alpha value is -0.0400. The van der Waals surface area contributed by atoms with Crippen LogP contribution in [0.25, 0.3) is 0 Å². The third kappa shape index (κ3) is 1.41. The zero-order valence-electron chi connectivity index (χ0n) is 9.22. The van der Waals surface area contributed by atoms with E-state index < -0.39 is 0 Å². The van der Waals surface area contributed by atoms with Gasteiger partial charge in [-0.05, 0) is 55.8 Å². The second-order valence-electron chi connectivity index (χ2n) is 5.91. The van der Waals surface area contributed by atoms with Gasteiger partial charge in [0.15, 0.2) is 0 Å². The van der Waals surface area contributed by atoms with Gasteiger partial charge in [-0.2, -0.15) is 0 Å². The second-order valence-corrected chi connectivity index (χ2v) is 5.91. The molecular weight excluding hydrogens is 158 g/mol. The summed E-state index contributed by atoms with van der Waals surface area (Å²) in [4.78, 5) is 0. The van der Waals surface area contributed by atoms with Crippen LogP contribution in [0.3, 0.4) is 0 Å². The molecule has 0 amide bonds. The van der Waals surface area contributed by atoms with Crippen LogP contribution in [0.5, 0.6) is 0 Å². The van der Waals surface area contributed by atoms with Crippen LogP contribution in [0.15, 0.2) is 0 Å². The third-order valence-corrected chi connectivity index (χ3v) is 4.68. The molecule has 0 spiro atoms. The van der Waals surface area contributed by atoms with Gasteiger partial charge in [-0.25, -0.2) is 0 Å². The topological polar surface area (TPSA) is 26.0 Å². The molecule has 4 atom stereocenters. The van der Waals surface area contributed by atoms with Crippen molar-refractivity contribution in [3.8, 4) is 0 Å². The second kappa shape index (κ2) is 2.98. The number of fused-ring (bicyclic) bond motifs is 2. The van der Waals surface area contributed by atoms with Gasteiger partial charge in [-0.1, -0.05) is 13.8 Å². The Morgan fingerprint density at radius 1 is 1.38 bits per heavy atom. The maximum atomic E-state index is 5.89. The molecule has 76 valence electrons. The van der Waals surface area contributed by atoms with E-state index >= 15 is 0 Å². The van der Waals surface area contributed by atoms with E-state index in [0.29, 0.717) is 11.5 Å². The Morgan fingerprint density at radius 3 is 2.54 bits per heavy atom. The molecular formula is C12H23N. The molecule has 3 aliphatic rings. The molecule has 2 bridgehead atoms. The number of nitrogens with two attached hydrogens (primary N) is 1. The van der Waals surface area contributed by atoms with Crippen LogP contribution < -0.4 is 5.73 Å². The molecule has 1 heteroatoms. The summed E-state index contributed by atoms with van der Waals surface area (Å²) in [6.07, 6.45) is 5.65. The van der Waals surface area contributed by atoms with Crippen molar-refractivity contribution >= 4 is 0 Å². The Morgan fingerprint density at radius 2 is 2.08 bits per heavy atom. The van der Waals surface area contributed by atoms with E-state index in [9.17, 15) is 0 Å². The highest BCUT2D eigenvalue weighted by Crippen LogP contribution is 2.62. The smallest absolute Gasteiger partial charge is 0.00132 e. The molecule has 0 aromatic heterocycles. The zero-order chi connectivity index (χ0) is 9.64. The summed E-state index contributed by atoms with van der Waals surface area (Å²) in [5, 5.41) is 0. The minimum absolute atomic E-state index is 0.401. The molecule has 2 N–H and O–H groups in total. The van der Waals surface area contributed by atoms with Gasteiger partial charge in [0, 0.05) is 6.04 Å². The minimum atomic E-state index is 0.401. The first-order valence-corrected chi connectivity index (χ1v) is 5.77. The zero-order valence-corrected chi connectivity index (χ0v) is 9.22. The van der Waals surface area contributed by atoms with Gasteiger partial charge >= 0.3 is 0 Å². The fourth-order valence-electron chi connectivity index (χ4n) is 3.72. The van der Waals surface area contributed by atoms with E-state index in [-0.39, 0.29) is 0 Å². The summed E-state index contributed by atoms with van der Waals surface area (Å²) in [6, 6.07) is 0.401. The van der Waals surface area contributed by atoms with Crippen LogP contribution in [0.4, 0.5) is 0 Å². The highest BCUT2D eigenvalue weighted by Gasteiger charge is 2.53. The maximum absolute atomic E-state index is 5.89. The maximum Gasteiger partial charge on any atom is 0.00132 e. The first kappa shape index (κ1) is 9.51. The van der Waals surface area contributed by atoms with Gasteiger partial charge in [0.05, 0.1) is 0 Å². The van der Waals surface area contributed by atoms with Crippen molar-refractivity contribution in [3.05, 3.63) is 0 Å². The molecule has 0 aliphatic heterocycles. The predicted octanol–water partition coefficient (Wildman–Crippen LogP) is 2.80. The number of hydrogen-bond acceptors (Lipinski definition) is 1. The van der Waals surface area contributed by atoms with Gasteiger partial charge < -0.3 is 5.73 Å². The summed E-state index contributed by atoms with van der Waals surface area (Å²) >= 11 is 0. The highest BCUT2D eigenvalue weighted by atomic mass is 14.6. The van der Waals surface area contributed by atoms with Gasteiger partial charge in [0.25, 0.3) is 0 Å². The number of hydrogen-bond donors (Lipinski definition) is 1. The van der Waals surface area contributed by atoms with Gasteiger partial charge in [0.1, 0.15) is 0 Å². The molecule has 3 saturated carbocycles. The van der Waals surface area contributed by atoms with E-state index in [4.69, 9.17) is 5.73 Å². The minimum Gasteiger partial charge on any atom is -0.328 e. The molecule has 0 saturated heterocycles. The summed E-state index contributed by atoms with van der Waals surface area (Å²) in [7, 11) is 0. The molecule has 3 aliphatic carbocycles. The van der Waals surface area contributed by atoms with E-state index in [0.717, 1.165) is 17.8 Å². The Balaban J connectivity index is 1.99. The summed E-state index contributed by atoms with van der Waals surface area (Å²) in [5.41, 5.74) is 6.53. The number of rotatable bonds is 2. The molecule has 1 nitrogen and oxygen atoms in total. The summed E-state index contributed by atoms with van der Waals surface area (Å²) in [6.45, 7) is 7.07. The fraction of sp³-hybridized carbons (Fsp3) is 1.00. The van der Waals surface area contributed by atoms with E-state index in [1.54, 1.807) is 0 Å². The quantitative estimate of drug-likeness (QED) is 0.696. The van der Waals surface area contributed by atoms with Gasteiger partial charge in [0.2, 0.25) is 0 Å². The fourth-order valence-corrected chi connectivity index (χ4v) is 3.72. The average molecular weight is 181 g/mol. The lowest BCUT2D eigenvalue weighted by Gasteiger charge is -2.60. The van der Waals surface area contributed by atoms with Crippen molar-refractivity contribution in [2.75, 3.05) is 0 Å². The lowest BCUT2D eigenvalue weighted by Crippen LogP contribution is -2.53. The standard InChI is InChI=1S/C12H23N/c1-8(13)6-9-4-5-10-7-11(9)12(10,2)3/h8-11H,4-7,13H2,1-3H3/t8-,9?,10-,11-/m0/s1. The van der Waals surface area contributed by atoms with Crippen LogP contribution in [0.1, 0.15) is 46.5 Å². The average Bonchev–Trinajstić information content (AvgIpc) is 2.03. The van der Waals surface area contributed by atoms with Crippen LogP contribution >= 0.6 is 0 Å². The van der Waals surface area contributed by atoms with Gasteiger partial charge in [-0.15, -0.1) is 0 Å². The molecule has 13 heavy (non-hydrogen) atoms. The van der Waals surface area contributed by atoms with Crippen molar-refractivity contribution in [1.82, 2.24) is 0 Å². The van der Waals surface area contributed by atoms with Crippen molar-refractivity contribution in [2.24, 2.45) is 28.9 Å². The van der Waals surface area contributed by atoms with Crippen LogP contribution in [-0.2, 0) is 0 Å². The van der Waals surface area contributed by atoms with Crippen molar-refractivity contribution < 1.29 is 0 Å². The lowest BCUT2D eigenvalue weighted by atomic mass is 9.45. The monoisotopic (exact) mass is 181 g/mol. The largest absolute Gasteiger partial charge is 0.328 e.